The molecule has 1 aliphatic rings. The van der Waals surface area contributed by atoms with E-state index in [1.165, 1.54) is 0 Å². The number of hydrogen-bond acceptors (Lipinski definition) is 5. The molecule has 0 bridgehead atoms. The van der Waals surface area contributed by atoms with Gasteiger partial charge in [-0.25, -0.2) is 0 Å². The molecule has 1 N–H and O–H groups in total. The normalized spacial score (nSPS) is 23.0. The molecule has 0 aromatic heterocycles. The first-order valence-electron chi connectivity index (χ1n) is 7.45. The summed E-state index contributed by atoms with van der Waals surface area (Å²) in [6.45, 7) is 5.57. The number of methoxy groups -OCH3 is 2. The summed E-state index contributed by atoms with van der Waals surface area (Å²) in [4.78, 5) is 2.33. The lowest BCUT2D eigenvalue weighted by molar-refractivity contribution is -0.0617. The molecule has 5 heteroatoms. The zero-order valence-corrected chi connectivity index (χ0v) is 13.4. The average molecular weight is 294 g/mol. The SMILES string of the molecule is CCNCC1OCCN(C)C1c1ccc(OC)cc1OC. The number of nitrogens with zero attached hydrogens (tertiary/aromatic N) is 1. The van der Waals surface area contributed by atoms with E-state index in [2.05, 4.69) is 30.3 Å². The highest BCUT2D eigenvalue weighted by molar-refractivity contribution is 5.43. The summed E-state index contributed by atoms with van der Waals surface area (Å²) in [6, 6.07) is 6.16. The fraction of sp³-hybridized carbons (Fsp3) is 0.625. The molecule has 1 aromatic carbocycles. The van der Waals surface area contributed by atoms with Crippen LogP contribution in [-0.2, 0) is 4.74 Å². The predicted molar refractivity (Wildman–Crippen MR) is 83.2 cm³/mol. The van der Waals surface area contributed by atoms with Crippen molar-refractivity contribution >= 4 is 0 Å². The molecule has 0 saturated carbocycles. The Morgan fingerprint density at radius 2 is 2.14 bits per heavy atom. The maximum absolute atomic E-state index is 5.98. The summed E-state index contributed by atoms with van der Waals surface area (Å²) in [5, 5.41) is 3.38. The molecule has 1 aliphatic heterocycles. The maximum Gasteiger partial charge on any atom is 0.127 e. The van der Waals surface area contributed by atoms with Crippen LogP contribution < -0.4 is 14.8 Å². The number of ether oxygens (including phenoxy) is 3. The van der Waals surface area contributed by atoms with Gasteiger partial charge in [0.25, 0.3) is 0 Å². The highest BCUT2D eigenvalue weighted by Gasteiger charge is 2.33. The van der Waals surface area contributed by atoms with Gasteiger partial charge in [0.1, 0.15) is 11.5 Å². The fourth-order valence-electron chi connectivity index (χ4n) is 2.82. The number of rotatable bonds is 6. The fourth-order valence-corrected chi connectivity index (χ4v) is 2.82. The zero-order valence-electron chi connectivity index (χ0n) is 13.4. The third-order valence-electron chi connectivity index (χ3n) is 3.96. The van der Waals surface area contributed by atoms with E-state index in [1.807, 2.05) is 12.1 Å². The van der Waals surface area contributed by atoms with Crippen molar-refractivity contribution in [3.63, 3.8) is 0 Å². The Morgan fingerprint density at radius 3 is 2.81 bits per heavy atom. The lowest BCUT2D eigenvalue weighted by Gasteiger charge is -2.40. The molecule has 0 amide bonds. The number of nitrogens with one attached hydrogen (secondary N) is 1. The van der Waals surface area contributed by atoms with Gasteiger partial charge in [0.05, 0.1) is 33.0 Å². The molecule has 2 atom stereocenters. The van der Waals surface area contributed by atoms with E-state index in [1.54, 1.807) is 14.2 Å². The van der Waals surface area contributed by atoms with Crippen LogP contribution in [0.25, 0.3) is 0 Å². The summed E-state index contributed by atoms with van der Waals surface area (Å²) in [5.41, 5.74) is 1.14. The Bertz CT molecular complexity index is 453. The third-order valence-corrected chi connectivity index (χ3v) is 3.96. The van der Waals surface area contributed by atoms with Crippen LogP contribution in [0, 0.1) is 0 Å². The molecule has 118 valence electrons. The van der Waals surface area contributed by atoms with Gasteiger partial charge >= 0.3 is 0 Å². The number of benzene rings is 1. The second-order valence-electron chi connectivity index (χ2n) is 5.25. The minimum Gasteiger partial charge on any atom is -0.497 e. The molecule has 0 radical (unpaired) electrons. The van der Waals surface area contributed by atoms with Crippen LogP contribution in [-0.4, -0.2) is 58.5 Å². The van der Waals surface area contributed by atoms with Gasteiger partial charge in [-0.1, -0.05) is 6.92 Å². The Kier molecular flexibility index (Phi) is 5.85. The average Bonchev–Trinajstić information content (AvgIpc) is 2.52. The smallest absolute Gasteiger partial charge is 0.127 e. The van der Waals surface area contributed by atoms with Crippen LogP contribution in [0.2, 0.25) is 0 Å². The molecule has 1 fully saturated rings. The van der Waals surface area contributed by atoms with Crippen molar-refractivity contribution in [2.24, 2.45) is 0 Å². The molecule has 21 heavy (non-hydrogen) atoms. The zero-order chi connectivity index (χ0) is 15.2. The van der Waals surface area contributed by atoms with Crippen molar-refractivity contribution in [3.8, 4) is 11.5 Å². The highest BCUT2D eigenvalue weighted by atomic mass is 16.5. The van der Waals surface area contributed by atoms with Gasteiger partial charge in [-0.2, -0.15) is 0 Å². The van der Waals surface area contributed by atoms with E-state index in [0.29, 0.717) is 0 Å². The van der Waals surface area contributed by atoms with Crippen molar-refractivity contribution < 1.29 is 14.2 Å². The first kappa shape index (κ1) is 16.1. The number of likely N-dealkylation sites (N-methyl/N-ethyl adjacent to an activating group) is 2. The van der Waals surface area contributed by atoms with Crippen LogP contribution in [0.3, 0.4) is 0 Å². The van der Waals surface area contributed by atoms with Crippen LogP contribution in [0.5, 0.6) is 11.5 Å². The van der Waals surface area contributed by atoms with Gasteiger partial charge in [0.15, 0.2) is 0 Å². The Labute approximate surface area is 127 Å². The largest absolute Gasteiger partial charge is 0.497 e. The molecule has 2 rings (SSSR count). The van der Waals surface area contributed by atoms with E-state index < -0.39 is 0 Å². The minimum atomic E-state index is 0.117. The summed E-state index contributed by atoms with van der Waals surface area (Å²) >= 11 is 0. The lowest BCUT2D eigenvalue weighted by atomic mass is 9.97. The standard InChI is InChI=1S/C16H26N2O3/c1-5-17-11-15-16(18(2)8-9-21-15)13-7-6-12(19-3)10-14(13)20-4/h6-7,10,15-17H,5,8-9,11H2,1-4H3. The van der Waals surface area contributed by atoms with Gasteiger partial charge in [-0.3, -0.25) is 4.90 Å². The van der Waals surface area contributed by atoms with Gasteiger partial charge in [-0.15, -0.1) is 0 Å². The molecule has 0 aliphatic carbocycles. The minimum absolute atomic E-state index is 0.117. The molecule has 1 saturated heterocycles. The molecule has 1 heterocycles. The van der Waals surface area contributed by atoms with Crippen LogP contribution in [0.15, 0.2) is 18.2 Å². The van der Waals surface area contributed by atoms with E-state index in [9.17, 15) is 0 Å². The number of hydrogen-bond donors (Lipinski definition) is 1. The monoisotopic (exact) mass is 294 g/mol. The first-order chi connectivity index (χ1) is 10.2. The third kappa shape index (κ3) is 3.67. The van der Waals surface area contributed by atoms with Crippen molar-refractivity contribution in [2.45, 2.75) is 19.1 Å². The van der Waals surface area contributed by atoms with E-state index in [-0.39, 0.29) is 12.1 Å². The predicted octanol–water partition coefficient (Wildman–Crippen LogP) is 1.68. The Hall–Kier alpha value is -1.30. The summed E-state index contributed by atoms with van der Waals surface area (Å²) in [7, 11) is 5.50. The van der Waals surface area contributed by atoms with Crippen LogP contribution in [0.1, 0.15) is 18.5 Å². The van der Waals surface area contributed by atoms with Crippen LogP contribution in [0.4, 0.5) is 0 Å². The summed E-state index contributed by atoms with van der Waals surface area (Å²) in [5.74, 6) is 1.65. The second-order valence-corrected chi connectivity index (χ2v) is 5.25. The summed E-state index contributed by atoms with van der Waals surface area (Å²) in [6.07, 6.45) is 0.117. The molecule has 5 nitrogen and oxygen atoms in total. The molecule has 2 unspecified atom stereocenters. The van der Waals surface area contributed by atoms with Crippen molar-refractivity contribution in [1.29, 1.82) is 0 Å². The molecular weight excluding hydrogens is 268 g/mol. The van der Waals surface area contributed by atoms with Gasteiger partial charge < -0.3 is 19.5 Å². The topological polar surface area (TPSA) is 43.0 Å². The van der Waals surface area contributed by atoms with Gasteiger partial charge in [0.2, 0.25) is 0 Å². The van der Waals surface area contributed by atoms with Gasteiger partial charge in [0, 0.05) is 24.7 Å². The lowest BCUT2D eigenvalue weighted by Crippen LogP contribution is -2.47. The van der Waals surface area contributed by atoms with E-state index in [4.69, 9.17) is 14.2 Å². The van der Waals surface area contributed by atoms with Crippen molar-refractivity contribution in [3.05, 3.63) is 23.8 Å². The number of morpholine rings is 1. The Morgan fingerprint density at radius 1 is 1.33 bits per heavy atom. The van der Waals surface area contributed by atoms with Crippen molar-refractivity contribution in [1.82, 2.24) is 10.2 Å². The van der Waals surface area contributed by atoms with Crippen molar-refractivity contribution in [2.75, 3.05) is 47.5 Å². The van der Waals surface area contributed by atoms with E-state index >= 15 is 0 Å². The second kappa shape index (κ2) is 7.64. The highest BCUT2D eigenvalue weighted by Crippen LogP contribution is 2.36. The molecular formula is C16H26N2O3. The molecule has 0 spiro atoms. The summed E-state index contributed by atoms with van der Waals surface area (Å²) < 4.78 is 16.8. The first-order valence-corrected chi connectivity index (χ1v) is 7.45. The Balaban J connectivity index is 2.30. The van der Waals surface area contributed by atoms with Gasteiger partial charge in [-0.05, 0) is 25.7 Å². The maximum atomic E-state index is 5.98. The van der Waals surface area contributed by atoms with E-state index in [0.717, 1.165) is 43.3 Å². The van der Waals surface area contributed by atoms with Crippen LogP contribution >= 0.6 is 0 Å². The molecule has 1 aromatic rings. The quantitative estimate of drug-likeness (QED) is 0.865.